The van der Waals surface area contributed by atoms with Crippen molar-refractivity contribution in [2.45, 2.75) is 56.7 Å². The number of carbonyl (C=O) groups excluding carboxylic acids is 1. The Bertz CT molecular complexity index is 227. The van der Waals surface area contributed by atoms with Crippen molar-refractivity contribution in [2.75, 3.05) is 6.54 Å². The molecular weight excluding hydrogens is 192 g/mol. The van der Waals surface area contributed by atoms with Gasteiger partial charge in [0.15, 0.2) is 0 Å². The maximum Gasteiger partial charge on any atom is 0.237 e. The number of nitrogens with one attached hydrogen (secondary N) is 2. The Morgan fingerprint density at radius 3 is 2.60 bits per heavy atom. The molecule has 0 spiro atoms. The molecule has 2 aliphatic rings. The Morgan fingerprint density at radius 2 is 2.00 bits per heavy atom. The van der Waals surface area contributed by atoms with E-state index in [1.165, 1.54) is 19.3 Å². The monoisotopic (exact) mass is 212 g/mol. The molecule has 1 amide bonds. The number of hydrogen-bond acceptors (Lipinski definition) is 3. The van der Waals surface area contributed by atoms with Crippen LogP contribution in [0.2, 0.25) is 0 Å². The van der Waals surface area contributed by atoms with E-state index in [4.69, 9.17) is 0 Å². The van der Waals surface area contributed by atoms with Gasteiger partial charge in [-0.25, -0.2) is 0 Å². The van der Waals surface area contributed by atoms with Crippen LogP contribution < -0.4 is 10.6 Å². The van der Waals surface area contributed by atoms with Crippen LogP contribution in [-0.4, -0.2) is 35.7 Å². The van der Waals surface area contributed by atoms with Crippen LogP contribution in [0.5, 0.6) is 0 Å². The molecule has 3 N–H and O–H groups in total. The second-order valence-electron chi connectivity index (χ2n) is 4.69. The quantitative estimate of drug-likeness (QED) is 0.611. The summed E-state index contributed by atoms with van der Waals surface area (Å²) in [5.74, 6) is 0.0680. The lowest BCUT2D eigenvalue weighted by Gasteiger charge is -2.24. The van der Waals surface area contributed by atoms with Crippen LogP contribution in [-0.2, 0) is 4.79 Å². The summed E-state index contributed by atoms with van der Waals surface area (Å²) in [4.78, 5) is 11.8. The normalized spacial score (nSPS) is 32.9. The average Bonchev–Trinajstić information content (AvgIpc) is 2.66. The fourth-order valence-corrected chi connectivity index (χ4v) is 2.47. The molecule has 1 saturated heterocycles. The first-order valence-electron chi connectivity index (χ1n) is 5.97. The first-order valence-corrected chi connectivity index (χ1v) is 5.97. The summed E-state index contributed by atoms with van der Waals surface area (Å²) in [5.41, 5.74) is 0. The van der Waals surface area contributed by atoms with E-state index < -0.39 is 0 Å². The van der Waals surface area contributed by atoms with Gasteiger partial charge in [-0.1, -0.05) is 19.3 Å². The molecule has 0 radical (unpaired) electrons. The van der Waals surface area contributed by atoms with E-state index in [0.29, 0.717) is 19.0 Å². The van der Waals surface area contributed by atoms with Crippen LogP contribution in [0.15, 0.2) is 0 Å². The zero-order valence-electron chi connectivity index (χ0n) is 9.04. The van der Waals surface area contributed by atoms with Crippen molar-refractivity contribution in [3.8, 4) is 0 Å². The van der Waals surface area contributed by atoms with E-state index in [0.717, 1.165) is 12.8 Å². The number of rotatable bonds is 2. The Hall–Kier alpha value is -0.610. The Balaban J connectivity index is 1.76. The summed E-state index contributed by atoms with van der Waals surface area (Å²) >= 11 is 0. The molecule has 1 heterocycles. The highest BCUT2D eigenvalue weighted by Gasteiger charge is 2.29. The minimum atomic E-state index is -0.355. The summed E-state index contributed by atoms with van der Waals surface area (Å²) < 4.78 is 0. The van der Waals surface area contributed by atoms with Gasteiger partial charge in [0.1, 0.15) is 0 Å². The molecule has 4 nitrogen and oxygen atoms in total. The van der Waals surface area contributed by atoms with Crippen molar-refractivity contribution in [3.63, 3.8) is 0 Å². The largest absolute Gasteiger partial charge is 0.392 e. The van der Waals surface area contributed by atoms with E-state index in [1.807, 2.05) is 0 Å². The lowest BCUT2D eigenvalue weighted by atomic mass is 9.95. The zero-order chi connectivity index (χ0) is 10.7. The standard InChI is InChI=1S/C11H20N2O2/c14-9-6-10(12-7-9)11(15)13-8-4-2-1-3-5-8/h8-10,12,14H,1-7H2,(H,13,15). The van der Waals surface area contributed by atoms with Crippen LogP contribution in [0.1, 0.15) is 38.5 Å². The van der Waals surface area contributed by atoms with E-state index in [2.05, 4.69) is 10.6 Å². The second-order valence-corrected chi connectivity index (χ2v) is 4.69. The molecule has 2 fully saturated rings. The predicted octanol–water partition coefficient (Wildman–Crippen LogP) is 0.158. The third-order valence-electron chi connectivity index (χ3n) is 3.38. The van der Waals surface area contributed by atoms with E-state index >= 15 is 0 Å². The highest BCUT2D eigenvalue weighted by molar-refractivity contribution is 5.82. The first kappa shape index (κ1) is 10.9. The van der Waals surface area contributed by atoms with Gasteiger partial charge >= 0.3 is 0 Å². The Morgan fingerprint density at radius 1 is 1.27 bits per heavy atom. The van der Waals surface area contributed by atoms with Gasteiger partial charge in [-0.3, -0.25) is 4.79 Å². The third kappa shape index (κ3) is 2.92. The van der Waals surface area contributed by atoms with E-state index in [1.54, 1.807) is 0 Å². The first-order chi connectivity index (χ1) is 7.25. The van der Waals surface area contributed by atoms with Gasteiger partial charge in [-0.2, -0.15) is 0 Å². The predicted molar refractivity (Wildman–Crippen MR) is 57.4 cm³/mol. The van der Waals surface area contributed by atoms with Crippen molar-refractivity contribution in [1.82, 2.24) is 10.6 Å². The van der Waals surface area contributed by atoms with Gasteiger partial charge < -0.3 is 15.7 Å². The summed E-state index contributed by atoms with van der Waals surface area (Å²) in [6.07, 6.45) is 6.18. The maximum atomic E-state index is 11.8. The number of aliphatic hydroxyl groups excluding tert-OH is 1. The molecule has 15 heavy (non-hydrogen) atoms. The summed E-state index contributed by atoms with van der Waals surface area (Å²) in [6, 6.07) is 0.188. The molecular formula is C11H20N2O2. The zero-order valence-corrected chi connectivity index (χ0v) is 9.04. The highest BCUT2D eigenvalue weighted by Crippen LogP contribution is 2.18. The second kappa shape index (κ2) is 4.94. The van der Waals surface area contributed by atoms with Crippen LogP contribution in [0.25, 0.3) is 0 Å². The smallest absolute Gasteiger partial charge is 0.237 e. The minimum absolute atomic E-state index is 0.0680. The molecule has 1 aliphatic heterocycles. The van der Waals surface area contributed by atoms with Gasteiger partial charge in [0, 0.05) is 12.6 Å². The number of β-amino-alcohol motifs (C(OH)–C–C–N with tert-alkyl or cyclic N) is 1. The van der Waals surface area contributed by atoms with Gasteiger partial charge in [-0.05, 0) is 19.3 Å². The SMILES string of the molecule is O=C(NC1CCCCC1)C1CC(O)CN1. The molecule has 4 heteroatoms. The number of carbonyl (C=O) groups is 1. The maximum absolute atomic E-state index is 11.8. The van der Waals surface area contributed by atoms with Crippen molar-refractivity contribution >= 4 is 5.91 Å². The molecule has 86 valence electrons. The number of amides is 1. The summed E-state index contributed by atoms with van der Waals surface area (Å²) in [6.45, 7) is 0.544. The van der Waals surface area contributed by atoms with Gasteiger partial charge in [0.25, 0.3) is 0 Å². The molecule has 0 aromatic heterocycles. The third-order valence-corrected chi connectivity index (χ3v) is 3.38. The fraction of sp³-hybridized carbons (Fsp3) is 0.909. The fourth-order valence-electron chi connectivity index (χ4n) is 2.47. The molecule has 0 aromatic rings. The molecule has 2 unspecified atom stereocenters. The van der Waals surface area contributed by atoms with E-state index in [-0.39, 0.29) is 18.1 Å². The Labute approximate surface area is 90.4 Å². The highest BCUT2D eigenvalue weighted by atomic mass is 16.3. The number of hydrogen-bond donors (Lipinski definition) is 3. The average molecular weight is 212 g/mol. The van der Waals surface area contributed by atoms with Crippen LogP contribution >= 0.6 is 0 Å². The lowest BCUT2D eigenvalue weighted by molar-refractivity contribution is -0.123. The Kier molecular flexibility index (Phi) is 3.59. The van der Waals surface area contributed by atoms with Crippen LogP contribution in [0.3, 0.4) is 0 Å². The molecule has 1 saturated carbocycles. The van der Waals surface area contributed by atoms with Gasteiger partial charge in [0.05, 0.1) is 12.1 Å². The molecule has 1 aliphatic carbocycles. The van der Waals surface area contributed by atoms with Crippen molar-refractivity contribution in [3.05, 3.63) is 0 Å². The summed E-state index contributed by atoms with van der Waals surface area (Å²) in [7, 11) is 0. The molecule has 2 atom stereocenters. The van der Waals surface area contributed by atoms with Crippen molar-refractivity contribution in [2.24, 2.45) is 0 Å². The van der Waals surface area contributed by atoms with Crippen LogP contribution in [0.4, 0.5) is 0 Å². The van der Waals surface area contributed by atoms with Gasteiger partial charge in [0.2, 0.25) is 5.91 Å². The van der Waals surface area contributed by atoms with Gasteiger partial charge in [-0.15, -0.1) is 0 Å². The lowest BCUT2D eigenvalue weighted by Crippen LogP contribution is -2.45. The minimum Gasteiger partial charge on any atom is -0.392 e. The number of aliphatic hydroxyl groups is 1. The van der Waals surface area contributed by atoms with Crippen LogP contribution in [0, 0.1) is 0 Å². The van der Waals surface area contributed by atoms with E-state index in [9.17, 15) is 9.90 Å². The van der Waals surface area contributed by atoms with Crippen molar-refractivity contribution in [1.29, 1.82) is 0 Å². The summed E-state index contributed by atoms with van der Waals surface area (Å²) in [5, 5.41) is 15.4. The molecule has 0 bridgehead atoms. The topological polar surface area (TPSA) is 61.4 Å². The molecule has 2 rings (SSSR count). The molecule has 0 aromatic carbocycles. The van der Waals surface area contributed by atoms with Crippen molar-refractivity contribution < 1.29 is 9.90 Å².